The van der Waals surface area contributed by atoms with Gasteiger partial charge in [-0.15, -0.1) is 0 Å². The van der Waals surface area contributed by atoms with Gasteiger partial charge in [0.25, 0.3) is 0 Å². The third kappa shape index (κ3) is 3.04. The lowest BCUT2D eigenvalue weighted by Crippen LogP contribution is -2.15. The molecule has 0 aliphatic carbocycles. The molecule has 0 fully saturated rings. The van der Waals surface area contributed by atoms with E-state index in [1.807, 2.05) is 84.9 Å². The zero-order valence-electron chi connectivity index (χ0n) is 14.5. The first-order valence-electron chi connectivity index (χ1n) is 8.71. The Morgan fingerprint density at radius 2 is 1.48 bits per heavy atom. The molecule has 1 heterocycles. The van der Waals surface area contributed by atoms with E-state index in [-0.39, 0.29) is 11.5 Å². The lowest BCUT2D eigenvalue weighted by Gasteiger charge is -2.16. The minimum atomic E-state index is -0.477. The SMILES string of the molecule is O=[N+]([O-])CC(c1ccccc1)c1c(-c2ccccc2)n(O)c2ccccc12. The maximum atomic E-state index is 11.5. The molecule has 0 bridgehead atoms. The van der Waals surface area contributed by atoms with Gasteiger partial charge in [-0.3, -0.25) is 10.1 Å². The third-order valence-corrected chi connectivity index (χ3v) is 4.82. The summed E-state index contributed by atoms with van der Waals surface area (Å²) in [6, 6.07) is 26.4. The second kappa shape index (κ2) is 6.96. The minimum Gasteiger partial charge on any atom is -0.428 e. The molecule has 5 nitrogen and oxygen atoms in total. The lowest BCUT2D eigenvalue weighted by atomic mass is 9.87. The van der Waals surface area contributed by atoms with E-state index in [9.17, 15) is 15.3 Å². The van der Waals surface area contributed by atoms with Crippen molar-refractivity contribution in [3.63, 3.8) is 0 Å². The molecular weight excluding hydrogens is 340 g/mol. The van der Waals surface area contributed by atoms with Gasteiger partial charge < -0.3 is 5.21 Å². The monoisotopic (exact) mass is 358 g/mol. The van der Waals surface area contributed by atoms with Gasteiger partial charge in [-0.2, -0.15) is 4.73 Å². The number of rotatable bonds is 5. The summed E-state index contributed by atoms with van der Waals surface area (Å²) < 4.78 is 1.15. The van der Waals surface area contributed by atoms with E-state index in [1.165, 1.54) is 0 Å². The highest BCUT2D eigenvalue weighted by Crippen LogP contribution is 2.40. The highest BCUT2D eigenvalue weighted by Gasteiger charge is 2.29. The van der Waals surface area contributed by atoms with E-state index in [0.29, 0.717) is 11.2 Å². The predicted octanol–water partition coefficient (Wildman–Crippen LogP) is 4.95. The van der Waals surface area contributed by atoms with Crippen LogP contribution in [0.15, 0.2) is 84.9 Å². The van der Waals surface area contributed by atoms with Crippen LogP contribution in [0.1, 0.15) is 17.0 Å². The molecular formula is C22H18N2O3. The Labute approximate surface area is 156 Å². The number of fused-ring (bicyclic) bond motifs is 1. The Hall–Kier alpha value is -3.60. The van der Waals surface area contributed by atoms with Crippen molar-refractivity contribution >= 4 is 10.9 Å². The highest BCUT2D eigenvalue weighted by atomic mass is 16.6. The number of hydrogen-bond donors (Lipinski definition) is 1. The maximum absolute atomic E-state index is 11.5. The van der Waals surface area contributed by atoms with Crippen molar-refractivity contribution in [3.8, 4) is 11.3 Å². The van der Waals surface area contributed by atoms with Crippen molar-refractivity contribution < 1.29 is 10.1 Å². The van der Waals surface area contributed by atoms with Gasteiger partial charge in [0.05, 0.1) is 17.1 Å². The fraction of sp³-hybridized carbons (Fsp3) is 0.0909. The summed E-state index contributed by atoms with van der Waals surface area (Å²) >= 11 is 0. The van der Waals surface area contributed by atoms with Crippen molar-refractivity contribution in [2.45, 2.75) is 5.92 Å². The Bertz CT molecular complexity index is 1090. The van der Waals surface area contributed by atoms with Gasteiger partial charge in [-0.1, -0.05) is 78.9 Å². The lowest BCUT2D eigenvalue weighted by molar-refractivity contribution is -0.481. The maximum Gasteiger partial charge on any atom is 0.214 e. The van der Waals surface area contributed by atoms with Crippen LogP contribution in [0.4, 0.5) is 0 Å². The van der Waals surface area contributed by atoms with Gasteiger partial charge in [0, 0.05) is 21.4 Å². The van der Waals surface area contributed by atoms with E-state index in [2.05, 4.69) is 0 Å². The normalized spacial score (nSPS) is 12.1. The number of nitro groups is 1. The average molecular weight is 358 g/mol. The van der Waals surface area contributed by atoms with Gasteiger partial charge >= 0.3 is 0 Å². The Morgan fingerprint density at radius 1 is 0.889 bits per heavy atom. The zero-order valence-corrected chi connectivity index (χ0v) is 14.5. The molecule has 1 unspecified atom stereocenters. The number of aromatic nitrogens is 1. The summed E-state index contributed by atoms with van der Waals surface area (Å²) in [6.07, 6.45) is 0. The van der Waals surface area contributed by atoms with Crippen LogP contribution >= 0.6 is 0 Å². The highest BCUT2D eigenvalue weighted by molar-refractivity contribution is 5.92. The topological polar surface area (TPSA) is 68.3 Å². The number of benzene rings is 3. The first-order valence-corrected chi connectivity index (χ1v) is 8.71. The molecule has 5 heteroatoms. The summed E-state index contributed by atoms with van der Waals surface area (Å²) in [5, 5.41) is 23.2. The number of hydrogen-bond acceptors (Lipinski definition) is 3. The van der Waals surface area contributed by atoms with Crippen LogP contribution in [0.25, 0.3) is 22.2 Å². The summed E-state index contributed by atoms with van der Waals surface area (Å²) in [6.45, 7) is -0.252. The molecule has 3 aromatic carbocycles. The molecule has 1 atom stereocenters. The van der Waals surface area contributed by atoms with E-state index >= 15 is 0 Å². The second-order valence-corrected chi connectivity index (χ2v) is 6.44. The Balaban J connectivity index is 2.05. The van der Waals surface area contributed by atoms with E-state index < -0.39 is 5.92 Å². The van der Waals surface area contributed by atoms with E-state index in [0.717, 1.165) is 26.8 Å². The largest absolute Gasteiger partial charge is 0.428 e. The van der Waals surface area contributed by atoms with Gasteiger partial charge in [0.2, 0.25) is 6.54 Å². The van der Waals surface area contributed by atoms with Crippen LogP contribution < -0.4 is 0 Å². The summed E-state index contributed by atoms with van der Waals surface area (Å²) in [7, 11) is 0. The molecule has 0 spiro atoms. The van der Waals surface area contributed by atoms with Gasteiger partial charge in [0.1, 0.15) is 0 Å². The Morgan fingerprint density at radius 3 is 2.15 bits per heavy atom. The van der Waals surface area contributed by atoms with E-state index in [4.69, 9.17) is 0 Å². The standard InChI is InChI=1S/C22H18N2O3/c25-23(26)15-19(16-9-3-1-4-10-16)21-18-13-7-8-14-20(18)24(27)22(21)17-11-5-2-6-12-17/h1-14,19,27H,15H2. The average Bonchev–Trinajstić information content (AvgIpc) is 3.00. The van der Waals surface area contributed by atoms with Crippen LogP contribution in [0, 0.1) is 10.1 Å². The smallest absolute Gasteiger partial charge is 0.214 e. The van der Waals surface area contributed by atoms with Crippen molar-refractivity contribution in [3.05, 3.63) is 106 Å². The van der Waals surface area contributed by atoms with Crippen molar-refractivity contribution in [2.24, 2.45) is 0 Å². The van der Waals surface area contributed by atoms with Gasteiger partial charge in [0.15, 0.2) is 0 Å². The van der Waals surface area contributed by atoms with Crippen LogP contribution in [0.5, 0.6) is 0 Å². The van der Waals surface area contributed by atoms with Crippen LogP contribution in [-0.2, 0) is 0 Å². The molecule has 4 rings (SSSR count). The summed E-state index contributed by atoms with van der Waals surface area (Å²) in [5.74, 6) is -0.477. The van der Waals surface area contributed by atoms with E-state index in [1.54, 1.807) is 0 Å². The van der Waals surface area contributed by atoms with Crippen molar-refractivity contribution in [2.75, 3.05) is 6.54 Å². The molecule has 0 aliphatic heterocycles. The molecule has 0 saturated carbocycles. The van der Waals surface area contributed by atoms with Crippen LogP contribution in [0.3, 0.4) is 0 Å². The first kappa shape index (κ1) is 16.8. The fourth-order valence-electron chi connectivity index (χ4n) is 3.67. The molecule has 0 amide bonds. The molecule has 4 aromatic rings. The van der Waals surface area contributed by atoms with Gasteiger partial charge in [-0.25, -0.2) is 0 Å². The molecule has 134 valence electrons. The number of para-hydroxylation sites is 1. The third-order valence-electron chi connectivity index (χ3n) is 4.82. The van der Waals surface area contributed by atoms with Crippen LogP contribution in [-0.4, -0.2) is 21.4 Å². The predicted molar refractivity (Wildman–Crippen MR) is 105 cm³/mol. The first-order chi connectivity index (χ1) is 13.2. The quantitative estimate of drug-likeness (QED) is 0.312. The zero-order chi connectivity index (χ0) is 18.8. The molecule has 27 heavy (non-hydrogen) atoms. The molecule has 1 N–H and O–H groups in total. The Kier molecular flexibility index (Phi) is 4.34. The molecule has 0 radical (unpaired) electrons. The van der Waals surface area contributed by atoms with Crippen molar-refractivity contribution in [1.29, 1.82) is 0 Å². The van der Waals surface area contributed by atoms with Gasteiger partial charge in [-0.05, 0) is 11.6 Å². The minimum absolute atomic E-state index is 0.252. The van der Waals surface area contributed by atoms with Crippen LogP contribution in [0.2, 0.25) is 0 Å². The van der Waals surface area contributed by atoms with Crippen molar-refractivity contribution in [1.82, 2.24) is 4.73 Å². The molecule has 0 saturated heterocycles. The number of nitrogens with zero attached hydrogens (tertiary/aromatic N) is 2. The molecule has 0 aliphatic rings. The summed E-state index contributed by atoms with van der Waals surface area (Å²) in [4.78, 5) is 11.2. The fourth-order valence-corrected chi connectivity index (χ4v) is 3.67. The summed E-state index contributed by atoms with van der Waals surface area (Å²) in [5.41, 5.74) is 3.66. The second-order valence-electron chi connectivity index (χ2n) is 6.44. The molecule has 1 aromatic heterocycles.